The van der Waals surface area contributed by atoms with Crippen molar-refractivity contribution in [2.45, 2.75) is 26.8 Å². The third-order valence-electron chi connectivity index (χ3n) is 2.93. The Balaban J connectivity index is 2.13. The molecule has 0 unspecified atom stereocenters. The molecular weight excluding hydrogens is 284 g/mol. The van der Waals surface area contributed by atoms with Gasteiger partial charge < -0.3 is 15.5 Å². The van der Waals surface area contributed by atoms with E-state index in [1.807, 2.05) is 19.0 Å². The molecule has 0 bridgehead atoms. The Labute approximate surface area is 129 Å². The van der Waals surface area contributed by atoms with Gasteiger partial charge in [-0.3, -0.25) is 0 Å². The smallest absolute Gasteiger partial charge is 0.231 e. The zero-order valence-corrected chi connectivity index (χ0v) is 13.8. The van der Waals surface area contributed by atoms with Crippen LogP contribution in [0.5, 0.6) is 0 Å². The van der Waals surface area contributed by atoms with E-state index in [9.17, 15) is 0 Å². The number of nitrogens with one attached hydrogen (secondary N) is 2. The van der Waals surface area contributed by atoms with E-state index in [0.717, 1.165) is 19.5 Å². The summed E-state index contributed by atoms with van der Waals surface area (Å²) in [4.78, 5) is 16.4. The molecule has 2 aromatic heterocycles. The fourth-order valence-corrected chi connectivity index (χ4v) is 2.55. The minimum atomic E-state index is 0.597. The van der Waals surface area contributed by atoms with E-state index in [-0.39, 0.29) is 0 Å². The third kappa shape index (κ3) is 4.29. The number of aromatic nitrogens is 3. The molecule has 0 aliphatic heterocycles. The van der Waals surface area contributed by atoms with Gasteiger partial charge in [-0.2, -0.15) is 15.0 Å². The summed E-state index contributed by atoms with van der Waals surface area (Å²) in [5, 5.41) is 8.59. The van der Waals surface area contributed by atoms with Crippen LogP contribution in [-0.4, -0.2) is 35.6 Å². The number of aryl methyl sites for hydroxylation is 1. The number of rotatable bonds is 7. The molecule has 0 aliphatic carbocycles. The van der Waals surface area contributed by atoms with Gasteiger partial charge in [0.25, 0.3) is 0 Å². The normalized spacial score (nSPS) is 10.5. The first-order valence-electron chi connectivity index (χ1n) is 7.04. The maximum Gasteiger partial charge on any atom is 0.231 e. The van der Waals surface area contributed by atoms with Crippen LogP contribution >= 0.6 is 11.3 Å². The minimum absolute atomic E-state index is 0.597. The van der Waals surface area contributed by atoms with Crippen molar-refractivity contribution in [1.29, 1.82) is 0 Å². The van der Waals surface area contributed by atoms with Gasteiger partial charge in [0.15, 0.2) is 0 Å². The Kier molecular flexibility index (Phi) is 5.32. The van der Waals surface area contributed by atoms with Gasteiger partial charge in [-0.15, -0.1) is 11.3 Å². The second-order valence-electron chi connectivity index (χ2n) is 4.98. The van der Waals surface area contributed by atoms with E-state index in [1.165, 1.54) is 10.4 Å². The minimum Gasteiger partial charge on any atom is -0.354 e. The summed E-state index contributed by atoms with van der Waals surface area (Å²) < 4.78 is 0. The summed E-state index contributed by atoms with van der Waals surface area (Å²) >= 11 is 1.74. The molecule has 2 aromatic rings. The van der Waals surface area contributed by atoms with Crippen molar-refractivity contribution in [3.63, 3.8) is 0 Å². The van der Waals surface area contributed by atoms with Gasteiger partial charge in [-0.05, 0) is 30.4 Å². The van der Waals surface area contributed by atoms with Crippen LogP contribution in [0.25, 0.3) is 0 Å². The van der Waals surface area contributed by atoms with Crippen molar-refractivity contribution in [3.05, 3.63) is 21.9 Å². The molecule has 0 radical (unpaired) electrons. The van der Waals surface area contributed by atoms with Gasteiger partial charge in [-0.1, -0.05) is 6.92 Å². The monoisotopic (exact) mass is 306 g/mol. The molecule has 0 aliphatic rings. The van der Waals surface area contributed by atoms with Gasteiger partial charge in [-0.25, -0.2) is 0 Å². The van der Waals surface area contributed by atoms with Gasteiger partial charge in [0.2, 0.25) is 17.8 Å². The molecule has 0 saturated heterocycles. The highest BCUT2D eigenvalue weighted by molar-refractivity contribution is 7.10. The van der Waals surface area contributed by atoms with Crippen LogP contribution in [0.4, 0.5) is 17.8 Å². The maximum atomic E-state index is 4.43. The molecule has 2 rings (SSSR count). The third-order valence-corrected chi connectivity index (χ3v) is 3.95. The van der Waals surface area contributed by atoms with Crippen molar-refractivity contribution in [1.82, 2.24) is 15.0 Å². The fourth-order valence-electron chi connectivity index (χ4n) is 1.70. The lowest BCUT2D eigenvalue weighted by atomic mass is 10.3. The van der Waals surface area contributed by atoms with Gasteiger partial charge in [0, 0.05) is 25.5 Å². The van der Waals surface area contributed by atoms with Crippen LogP contribution in [0.2, 0.25) is 0 Å². The largest absolute Gasteiger partial charge is 0.354 e. The summed E-state index contributed by atoms with van der Waals surface area (Å²) in [7, 11) is 3.85. The van der Waals surface area contributed by atoms with Crippen molar-refractivity contribution < 1.29 is 0 Å². The highest BCUT2D eigenvalue weighted by atomic mass is 32.1. The van der Waals surface area contributed by atoms with E-state index in [0.29, 0.717) is 17.8 Å². The molecule has 21 heavy (non-hydrogen) atoms. The Morgan fingerprint density at radius 2 is 1.86 bits per heavy atom. The summed E-state index contributed by atoms with van der Waals surface area (Å²) in [5.41, 5.74) is 1.29. The summed E-state index contributed by atoms with van der Waals surface area (Å²) in [6.45, 7) is 5.80. The molecule has 0 amide bonds. The van der Waals surface area contributed by atoms with E-state index in [1.54, 1.807) is 11.3 Å². The maximum absolute atomic E-state index is 4.43. The molecule has 2 heterocycles. The molecule has 2 N–H and O–H groups in total. The van der Waals surface area contributed by atoms with Crippen LogP contribution < -0.4 is 15.5 Å². The molecule has 0 spiro atoms. The first-order valence-corrected chi connectivity index (χ1v) is 7.92. The lowest BCUT2D eigenvalue weighted by molar-refractivity contribution is 0.911. The van der Waals surface area contributed by atoms with Crippen LogP contribution in [-0.2, 0) is 6.54 Å². The van der Waals surface area contributed by atoms with E-state index < -0.39 is 0 Å². The Hall–Kier alpha value is -1.89. The quantitative estimate of drug-likeness (QED) is 0.820. The molecule has 0 saturated carbocycles. The Morgan fingerprint density at radius 1 is 1.14 bits per heavy atom. The van der Waals surface area contributed by atoms with E-state index in [4.69, 9.17) is 0 Å². The second kappa shape index (κ2) is 7.21. The molecular formula is C14H22N6S. The predicted molar refractivity (Wildman–Crippen MR) is 89.3 cm³/mol. The standard InChI is InChI=1S/C14H22N6S/c1-5-7-15-12-17-13(19-14(18-12)20(3)4)16-9-11-10(2)6-8-21-11/h6,8H,5,7,9H2,1-4H3,(H2,15,16,17,18,19). The van der Waals surface area contributed by atoms with Crippen LogP contribution in [0.1, 0.15) is 23.8 Å². The number of nitrogens with zero attached hydrogens (tertiary/aromatic N) is 4. The Bertz CT molecular complexity index is 581. The summed E-state index contributed by atoms with van der Waals surface area (Å²) in [5.74, 6) is 1.86. The second-order valence-corrected chi connectivity index (χ2v) is 5.98. The number of thiophene rings is 1. The molecule has 0 fully saturated rings. The highest BCUT2D eigenvalue weighted by Gasteiger charge is 2.08. The van der Waals surface area contributed by atoms with Crippen LogP contribution in [0.3, 0.4) is 0 Å². The highest BCUT2D eigenvalue weighted by Crippen LogP contribution is 2.17. The fraction of sp³-hybridized carbons (Fsp3) is 0.500. The van der Waals surface area contributed by atoms with Crippen molar-refractivity contribution >= 4 is 29.2 Å². The predicted octanol–water partition coefficient (Wildman–Crippen LogP) is 2.74. The average molecular weight is 306 g/mol. The van der Waals surface area contributed by atoms with E-state index >= 15 is 0 Å². The number of hydrogen-bond donors (Lipinski definition) is 2. The molecule has 0 aromatic carbocycles. The van der Waals surface area contributed by atoms with Gasteiger partial charge >= 0.3 is 0 Å². The molecule has 6 nitrogen and oxygen atoms in total. The SMILES string of the molecule is CCCNc1nc(NCc2sccc2C)nc(N(C)C)n1. The van der Waals surface area contributed by atoms with Gasteiger partial charge in [0.05, 0.1) is 6.54 Å². The first-order chi connectivity index (χ1) is 10.1. The first kappa shape index (κ1) is 15.5. The molecule has 0 atom stereocenters. The van der Waals surface area contributed by atoms with Crippen LogP contribution in [0, 0.1) is 6.92 Å². The Morgan fingerprint density at radius 3 is 2.43 bits per heavy atom. The van der Waals surface area contributed by atoms with Gasteiger partial charge in [0.1, 0.15) is 0 Å². The lowest BCUT2D eigenvalue weighted by Crippen LogP contribution is -2.17. The van der Waals surface area contributed by atoms with Crippen molar-refractivity contribution in [2.75, 3.05) is 36.2 Å². The zero-order chi connectivity index (χ0) is 15.2. The van der Waals surface area contributed by atoms with Crippen LogP contribution in [0.15, 0.2) is 11.4 Å². The van der Waals surface area contributed by atoms with E-state index in [2.05, 4.69) is 50.9 Å². The number of anilines is 3. The number of hydrogen-bond acceptors (Lipinski definition) is 7. The topological polar surface area (TPSA) is 66.0 Å². The summed E-state index contributed by atoms with van der Waals surface area (Å²) in [6.07, 6.45) is 1.03. The molecule has 114 valence electrons. The zero-order valence-electron chi connectivity index (χ0n) is 13.0. The average Bonchev–Trinajstić information content (AvgIpc) is 2.88. The molecule has 7 heteroatoms. The van der Waals surface area contributed by atoms with Crippen molar-refractivity contribution in [3.8, 4) is 0 Å². The summed E-state index contributed by atoms with van der Waals surface area (Å²) in [6, 6.07) is 2.12. The van der Waals surface area contributed by atoms with Crippen molar-refractivity contribution in [2.24, 2.45) is 0 Å². The lowest BCUT2D eigenvalue weighted by Gasteiger charge is -2.14.